The fourth-order valence-corrected chi connectivity index (χ4v) is 4.71. The van der Waals surface area contributed by atoms with Gasteiger partial charge >= 0.3 is 5.97 Å². The maximum Gasteiger partial charge on any atom is 0.328 e. The van der Waals surface area contributed by atoms with E-state index in [0.29, 0.717) is 18.4 Å². The van der Waals surface area contributed by atoms with Gasteiger partial charge in [0.25, 0.3) is 5.91 Å². The van der Waals surface area contributed by atoms with Gasteiger partial charge in [-0.2, -0.15) is 0 Å². The number of likely N-dealkylation sites (tertiary alicyclic amines) is 1. The van der Waals surface area contributed by atoms with Crippen molar-refractivity contribution in [2.24, 2.45) is 0 Å². The van der Waals surface area contributed by atoms with Crippen molar-refractivity contribution in [1.29, 1.82) is 0 Å². The molecule has 0 saturated carbocycles. The van der Waals surface area contributed by atoms with Gasteiger partial charge in [-0.1, -0.05) is 63.2 Å². The summed E-state index contributed by atoms with van der Waals surface area (Å²) in [6.07, 6.45) is 1.19. The summed E-state index contributed by atoms with van der Waals surface area (Å²) in [6.45, 7) is 8.72. The van der Waals surface area contributed by atoms with Crippen LogP contribution in [0.5, 0.6) is 0 Å². The third kappa shape index (κ3) is 4.43. The number of amides is 1. The summed E-state index contributed by atoms with van der Waals surface area (Å²) in [4.78, 5) is 29.4. The maximum atomic E-state index is 13.5. The van der Waals surface area contributed by atoms with Gasteiger partial charge in [0.05, 0.1) is 6.61 Å². The van der Waals surface area contributed by atoms with Gasteiger partial charge in [-0.15, -0.1) is 0 Å². The van der Waals surface area contributed by atoms with Crippen LogP contribution in [0.4, 0.5) is 0 Å². The molecule has 0 aliphatic carbocycles. The van der Waals surface area contributed by atoms with Gasteiger partial charge in [-0.05, 0) is 28.7 Å². The number of benzene rings is 2. The molecular formula is C26H32N2O4. The molecule has 0 bridgehead atoms. The minimum atomic E-state index is -1.02. The predicted molar refractivity (Wildman–Crippen MR) is 122 cm³/mol. The van der Waals surface area contributed by atoms with Crippen LogP contribution in [0.25, 0.3) is 0 Å². The van der Waals surface area contributed by atoms with E-state index in [-0.39, 0.29) is 17.9 Å². The Morgan fingerprint density at radius 3 is 2.22 bits per heavy atom. The number of hydrogen-bond donors (Lipinski definition) is 1. The van der Waals surface area contributed by atoms with E-state index in [1.165, 1.54) is 10.5 Å². The number of carbonyl (C=O) groups is 2. The Kier molecular flexibility index (Phi) is 6.10. The number of carbonyl (C=O) groups excluding carboxylic acids is 1. The van der Waals surface area contributed by atoms with E-state index < -0.39 is 17.7 Å². The summed E-state index contributed by atoms with van der Waals surface area (Å²) >= 11 is 0. The summed E-state index contributed by atoms with van der Waals surface area (Å²) in [5.41, 5.74) is 1.99. The van der Waals surface area contributed by atoms with Gasteiger partial charge in [0, 0.05) is 38.0 Å². The van der Waals surface area contributed by atoms with Crippen molar-refractivity contribution in [3.8, 4) is 0 Å². The van der Waals surface area contributed by atoms with Gasteiger partial charge in [0.15, 0.2) is 6.04 Å². The Balaban J connectivity index is 1.53. The van der Waals surface area contributed by atoms with Crippen LogP contribution in [-0.4, -0.2) is 58.2 Å². The SMILES string of the molecule is CC(C)(C)c1ccc(C(=O)N2[C@@H](C(=O)O)COC23CCN(Cc2ccccc2)CC3)cc1. The first-order valence-corrected chi connectivity index (χ1v) is 11.3. The molecule has 2 aromatic carbocycles. The number of rotatable bonds is 4. The van der Waals surface area contributed by atoms with E-state index >= 15 is 0 Å². The predicted octanol–water partition coefficient (Wildman–Crippen LogP) is 3.90. The summed E-state index contributed by atoms with van der Waals surface area (Å²) in [7, 11) is 0. The quantitative estimate of drug-likeness (QED) is 0.787. The van der Waals surface area contributed by atoms with Crippen molar-refractivity contribution in [1.82, 2.24) is 9.80 Å². The van der Waals surface area contributed by atoms with Crippen LogP contribution in [0.1, 0.15) is 55.1 Å². The van der Waals surface area contributed by atoms with Crippen molar-refractivity contribution in [2.75, 3.05) is 19.7 Å². The molecule has 2 aromatic rings. The molecule has 2 heterocycles. The molecule has 0 radical (unpaired) electrons. The zero-order valence-corrected chi connectivity index (χ0v) is 19.1. The van der Waals surface area contributed by atoms with Crippen LogP contribution in [0.15, 0.2) is 54.6 Å². The first kappa shape index (κ1) is 22.5. The number of carboxylic acids is 1. The van der Waals surface area contributed by atoms with E-state index in [1.807, 2.05) is 30.3 Å². The van der Waals surface area contributed by atoms with Crippen LogP contribution in [0.2, 0.25) is 0 Å². The fourth-order valence-electron chi connectivity index (χ4n) is 4.71. The van der Waals surface area contributed by atoms with Gasteiger partial charge < -0.3 is 9.84 Å². The molecule has 170 valence electrons. The second-order valence-corrected chi connectivity index (χ2v) is 9.88. The van der Waals surface area contributed by atoms with Crippen molar-refractivity contribution >= 4 is 11.9 Å². The van der Waals surface area contributed by atoms with Crippen LogP contribution in [0.3, 0.4) is 0 Å². The normalized spacial score (nSPS) is 21.1. The molecule has 2 fully saturated rings. The highest BCUT2D eigenvalue weighted by Crippen LogP contribution is 2.39. The van der Waals surface area contributed by atoms with E-state index in [0.717, 1.165) is 25.2 Å². The monoisotopic (exact) mass is 436 g/mol. The highest BCUT2D eigenvalue weighted by atomic mass is 16.5. The van der Waals surface area contributed by atoms with Crippen LogP contribution in [0, 0.1) is 0 Å². The van der Waals surface area contributed by atoms with Crippen molar-refractivity contribution in [2.45, 2.75) is 57.3 Å². The highest BCUT2D eigenvalue weighted by molar-refractivity contribution is 5.97. The molecule has 32 heavy (non-hydrogen) atoms. The molecule has 4 rings (SSSR count). The average molecular weight is 437 g/mol. The Hall–Kier alpha value is -2.70. The second kappa shape index (κ2) is 8.68. The lowest BCUT2D eigenvalue weighted by molar-refractivity contribution is -0.144. The zero-order valence-electron chi connectivity index (χ0n) is 19.1. The molecule has 6 heteroatoms. The molecule has 1 amide bonds. The van der Waals surface area contributed by atoms with Gasteiger partial charge in [-0.25, -0.2) is 4.79 Å². The van der Waals surface area contributed by atoms with Crippen LogP contribution < -0.4 is 0 Å². The molecule has 1 N–H and O–H groups in total. The van der Waals surface area contributed by atoms with E-state index in [2.05, 4.69) is 37.8 Å². The van der Waals surface area contributed by atoms with Gasteiger partial charge in [0.2, 0.25) is 0 Å². The van der Waals surface area contributed by atoms with E-state index in [4.69, 9.17) is 4.74 Å². The molecule has 0 unspecified atom stereocenters. The Morgan fingerprint density at radius 2 is 1.66 bits per heavy atom. The number of carboxylic acid groups (broad SMARTS) is 1. The third-order valence-corrected chi connectivity index (χ3v) is 6.65. The number of nitrogens with zero attached hydrogens (tertiary/aromatic N) is 2. The molecule has 6 nitrogen and oxygen atoms in total. The minimum absolute atomic E-state index is 0.0191. The van der Waals surface area contributed by atoms with E-state index in [1.54, 1.807) is 12.1 Å². The van der Waals surface area contributed by atoms with Crippen LogP contribution >= 0.6 is 0 Å². The summed E-state index contributed by atoms with van der Waals surface area (Å²) in [5.74, 6) is -1.29. The van der Waals surface area contributed by atoms with Gasteiger partial charge in [-0.3, -0.25) is 14.6 Å². The standard InChI is InChI=1S/C26H32N2O4/c1-25(2,3)21-11-9-20(10-12-21)23(29)28-22(24(30)31)18-32-26(28)13-15-27(16-14-26)17-19-7-5-4-6-8-19/h4-12,22H,13-18H2,1-3H3,(H,30,31)/t22-/m1/s1. The van der Waals surface area contributed by atoms with Crippen LogP contribution in [-0.2, 0) is 21.5 Å². The summed E-state index contributed by atoms with van der Waals surface area (Å²) in [5, 5.41) is 9.81. The topological polar surface area (TPSA) is 70.1 Å². The van der Waals surface area contributed by atoms with Crippen molar-refractivity contribution in [3.05, 3.63) is 71.3 Å². The Bertz CT molecular complexity index is 958. The molecule has 1 spiro atoms. The first-order chi connectivity index (χ1) is 15.2. The Labute approximate surface area is 189 Å². The van der Waals surface area contributed by atoms with E-state index in [9.17, 15) is 14.7 Å². The largest absolute Gasteiger partial charge is 0.480 e. The van der Waals surface area contributed by atoms with Crippen molar-refractivity contribution in [3.63, 3.8) is 0 Å². The molecule has 2 aliphatic heterocycles. The number of aliphatic carboxylic acids is 1. The summed E-state index contributed by atoms with van der Waals surface area (Å²) < 4.78 is 6.08. The van der Waals surface area contributed by atoms with Crippen molar-refractivity contribution < 1.29 is 19.4 Å². The molecule has 2 aliphatic rings. The molecule has 0 aromatic heterocycles. The lowest BCUT2D eigenvalue weighted by Gasteiger charge is -2.44. The lowest BCUT2D eigenvalue weighted by atomic mass is 9.86. The Morgan fingerprint density at radius 1 is 1.03 bits per heavy atom. The first-order valence-electron chi connectivity index (χ1n) is 11.3. The maximum absolute atomic E-state index is 13.5. The molecule has 1 atom stereocenters. The summed E-state index contributed by atoms with van der Waals surface area (Å²) in [6, 6.07) is 16.8. The highest BCUT2D eigenvalue weighted by Gasteiger charge is 2.54. The zero-order chi connectivity index (χ0) is 22.9. The number of hydrogen-bond acceptors (Lipinski definition) is 4. The van der Waals surface area contributed by atoms with Gasteiger partial charge in [0.1, 0.15) is 5.72 Å². The third-order valence-electron chi connectivity index (χ3n) is 6.65. The number of ether oxygens (including phenoxy) is 1. The average Bonchev–Trinajstić information content (AvgIpc) is 3.14. The molecular weight excluding hydrogens is 404 g/mol. The fraction of sp³-hybridized carbons (Fsp3) is 0.462. The molecule has 2 saturated heterocycles. The lowest BCUT2D eigenvalue weighted by Crippen LogP contribution is -2.58. The second-order valence-electron chi connectivity index (χ2n) is 9.88. The minimum Gasteiger partial charge on any atom is -0.480 e. The number of piperidine rings is 1. The smallest absolute Gasteiger partial charge is 0.328 e.